The maximum Gasteiger partial charge on any atom is 0.200 e. The van der Waals surface area contributed by atoms with Gasteiger partial charge in [-0.15, -0.1) is 0 Å². The van der Waals surface area contributed by atoms with E-state index in [1.54, 1.807) is 0 Å². The smallest absolute Gasteiger partial charge is 0.200 e. The van der Waals surface area contributed by atoms with Gasteiger partial charge in [0.05, 0.1) is 10.8 Å². The second-order valence-corrected chi connectivity index (χ2v) is 15.3. The van der Waals surface area contributed by atoms with Crippen LogP contribution in [-0.4, -0.2) is 0 Å². The minimum Gasteiger partial charge on any atom is -0.456 e. The Morgan fingerprint density at radius 3 is 1.86 bits per heavy atom. The Kier molecular flexibility index (Phi) is 7.02. The first-order valence-corrected chi connectivity index (χ1v) is 19.0. The number of nitrogens with zero attached hydrogens (tertiary/aromatic N) is 1. The highest BCUT2D eigenvalue weighted by Crippen LogP contribution is 2.51. The van der Waals surface area contributed by atoms with Crippen molar-refractivity contribution < 1.29 is 8.83 Å². The maximum absolute atomic E-state index is 13.2. The third-order valence-electron chi connectivity index (χ3n) is 11.7. The van der Waals surface area contributed by atoms with E-state index >= 15 is 0 Å². The first-order valence-electron chi connectivity index (χ1n) is 19.0. The van der Waals surface area contributed by atoms with Crippen molar-refractivity contribution in [3.05, 3.63) is 197 Å². The molecule has 0 saturated heterocycles. The Morgan fingerprint density at radius 1 is 0.393 bits per heavy atom. The van der Waals surface area contributed by atoms with Crippen molar-refractivity contribution in [3.63, 3.8) is 0 Å². The van der Waals surface area contributed by atoms with Crippen LogP contribution >= 0.6 is 0 Å². The molecule has 10 aromatic rings. The van der Waals surface area contributed by atoms with Gasteiger partial charge in [0, 0.05) is 39.3 Å². The molecule has 0 unspecified atom stereocenters. The fourth-order valence-corrected chi connectivity index (χ4v) is 8.80. The molecule has 0 amide bonds. The van der Waals surface area contributed by atoms with Gasteiger partial charge in [0.1, 0.15) is 22.3 Å². The average molecular weight is 722 g/mol. The van der Waals surface area contributed by atoms with Gasteiger partial charge in [0.2, 0.25) is 5.43 Å². The monoisotopic (exact) mass is 721 g/mol. The van der Waals surface area contributed by atoms with E-state index in [-0.39, 0.29) is 10.8 Å². The zero-order valence-corrected chi connectivity index (χ0v) is 30.9. The first kappa shape index (κ1) is 32.3. The molecule has 266 valence electrons. The molecule has 0 spiro atoms. The highest BCUT2D eigenvalue weighted by atomic mass is 16.3. The second kappa shape index (κ2) is 12.2. The van der Waals surface area contributed by atoms with Crippen molar-refractivity contribution in [2.75, 3.05) is 4.90 Å². The molecule has 0 N–H and O–H groups in total. The summed E-state index contributed by atoms with van der Waals surface area (Å²) in [5.74, 6) is 0. The largest absolute Gasteiger partial charge is 0.456 e. The summed E-state index contributed by atoms with van der Waals surface area (Å²) in [4.78, 5) is 15.5. The van der Waals surface area contributed by atoms with Crippen LogP contribution in [0.4, 0.5) is 17.1 Å². The van der Waals surface area contributed by atoms with Crippen molar-refractivity contribution in [3.8, 4) is 33.4 Å². The van der Waals surface area contributed by atoms with Gasteiger partial charge in [-0.2, -0.15) is 0 Å². The number of rotatable bonds is 5. The molecule has 1 aliphatic rings. The zero-order valence-electron chi connectivity index (χ0n) is 30.9. The summed E-state index contributed by atoms with van der Waals surface area (Å²) in [7, 11) is 0. The van der Waals surface area contributed by atoms with E-state index in [0.29, 0.717) is 21.9 Å². The molecule has 0 fully saturated rings. The lowest BCUT2D eigenvalue weighted by molar-refractivity contribution is 0.660. The maximum atomic E-state index is 13.2. The molecule has 0 aliphatic heterocycles. The predicted molar refractivity (Wildman–Crippen MR) is 230 cm³/mol. The van der Waals surface area contributed by atoms with Crippen LogP contribution in [0.25, 0.3) is 77.3 Å². The minimum absolute atomic E-state index is 0.0127. The number of para-hydroxylation sites is 2. The molecule has 8 aromatic carbocycles. The Hall–Kier alpha value is -7.17. The van der Waals surface area contributed by atoms with E-state index in [1.165, 1.54) is 22.3 Å². The van der Waals surface area contributed by atoms with Crippen molar-refractivity contribution >= 4 is 60.9 Å². The number of benzene rings is 8. The summed E-state index contributed by atoms with van der Waals surface area (Å²) in [6.07, 6.45) is 0. The van der Waals surface area contributed by atoms with Gasteiger partial charge in [-0.3, -0.25) is 4.79 Å². The first-order chi connectivity index (χ1) is 27.4. The second-order valence-electron chi connectivity index (χ2n) is 15.3. The zero-order chi connectivity index (χ0) is 37.5. The van der Waals surface area contributed by atoms with Crippen LogP contribution in [0.1, 0.15) is 25.0 Å². The normalized spacial score (nSPS) is 13.0. The predicted octanol–water partition coefficient (Wildman–Crippen LogP) is 14.0. The third-order valence-corrected chi connectivity index (χ3v) is 11.7. The molecule has 0 radical (unpaired) electrons. The van der Waals surface area contributed by atoms with Crippen molar-refractivity contribution in [2.45, 2.75) is 19.3 Å². The molecule has 56 heavy (non-hydrogen) atoms. The van der Waals surface area contributed by atoms with E-state index in [9.17, 15) is 4.79 Å². The van der Waals surface area contributed by atoms with Crippen LogP contribution in [-0.2, 0) is 5.41 Å². The molecular formula is C52H35NO3. The summed E-state index contributed by atoms with van der Waals surface area (Å²) < 4.78 is 12.7. The summed E-state index contributed by atoms with van der Waals surface area (Å²) in [5, 5.41) is 3.31. The molecule has 2 aromatic heterocycles. The van der Waals surface area contributed by atoms with Crippen LogP contribution < -0.4 is 10.3 Å². The quantitative estimate of drug-likeness (QED) is 0.166. The summed E-state index contributed by atoms with van der Waals surface area (Å²) in [6.45, 7) is 4.65. The van der Waals surface area contributed by atoms with E-state index in [2.05, 4.69) is 152 Å². The molecule has 2 heterocycles. The molecule has 4 nitrogen and oxygen atoms in total. The number of hydrogen-bond donors (Lipinski definition) is 0. The summed E-state index contributed by atoms with van der Waals surface area (Å²) >= 11 is 0. The highest BCUT2D eigenvalue weighted by molar-refractivity contribution is 6.07. The van der Waals surface area contributed by atoms with Crippen LogP contribution in [0.15, 0.2) is 190 Å². The lowest BCUT2D eigenvalue weighted by Crippen LogP contribution is -2.16. The van der Waals surface area contributed by atoms with Crippen LogP contribution in [0.5, 0.6) is 0 Å². The molecule has 11 rings (SSSR count). The number of furan rings is 1. The molecule has 4 heteroatoms. The lowest BCUT2D eigenvalue weighted by Gasteiger charge is -2.28. The minimum atomic E-state index is -0.105. The van der Waals surface area contributed by atoms with Crippen molar-refractivity contribution in [1.82, 2.24) is 0 Å². The average Bonchev–Trinajstić information content (AvgIpc) is 3.72. The van der Waals surface area contributed by atoms with Crippen molar-refractivity contribution in [1.29, 1.82) is 0 Å². The van der Waals surface area contributed by atoms with Crippen LogP contribution in [0.3, 0.4) is 0 Å². The molecular weight excluding hydrogens is 687 g/mol. The van der Waals surface area contributed by atoms with Gasteiger partial charge in [-0.1, -0.05) is 105 Å². The lowest BCUT2D eigenvalue weighted by atomic mass is 9.82. The Labute approximate surface area is 323 Å². The van der Waals surface area contributed by atoms with E-state index in [1.807, 2.05) is 42.5 Å². The molecule has 0 bridgehead atoms. The van der Waals surface area contributed by atoms with Gasteiger partial charge < -0.3 is 13.7 Å². The Balaban J connectivity index is 0.972. The SMILES string of the molecule is CC1(C)c2ccccc2-c2ccc(N(c3ccccc3)c3ccc4c(c3)oc3ccc(-c5cccc(-c6ccc7c(=O)c8ccccc8oc7c6)c5)cc34)cc21. The fourth-order valence-electron chi connectivity index (χ4n) is 8.80. The Bertz CT molecular complexity index is 3260. The number of fused-ring (bicyclic) bond motifs is 8. The third kappa shape index (κ3) is 4.96. The number of anilines is 3. The molecule has 0 atom stereocenters. The Morgan fingerprint density at radius 2 is 1.00 bits per heavy atom. The number of hydrogen-bond acceptors (Lipinski definition) is 4. The van der Waals surface area contributed by atoms with Gasteiger partial charge in [0.25, 0.3) is 0 Å². The standard InChI is InChI=1S/C52H35NO3/c1-52(2)45-17-8-6-15-39(45)40-24-21-37(30-46(40)52)53(36-13-4-3-5-14-36)38-22-25-41-44-28-34(20-26-48(44)56-50(41)31-38)32-11-10-12-33(27-32)35-19-23-43-49(29-35)55-47-18-9-7-16-42(47)51(43)54/h3-31H,1-2H3. The van der Waals surface area contributed by atoms with Crippen molar-refractivity contribution in [2.24, 2.45) is 0 Å². The van der Waals surface area contributed by atoms with Gasteiger partial charge >= 0.3 is 0 Å². The topological polar surface area (TPSA) is 46.6 Å². The van der Waals surface area contributed by atoms with Gasteiger partial charge in [-0.05, 0) is 123 Å². The van der Waals surface area contributed by atoms with Crippen LogP contribution in [0.2, 0.25) is 0 Å². The van der Waals surface area contributed by atoms with Crippen LogP contribution in [0, 0.1) is 0 Å². The van der Waals surface area contributed by atoms with E-state index < -0.39 is 0 Å². The van der Waals surface area contributed by atoms with Gasteiger partial charge in [0.15, 0.2) is 0 Å². The fraction of sp³-hybridized carbons (Fsp3) is 0.0577. The summed E-state index contributed by atoms with van der Waals surface area (Å²) in [5.41, 5.74) is 15.5. The van der Waals surface area contributed by atoms with E-state index in [4.69, 9.17) is 8.83 Å². The highest BCUT2D eigenvalue weighted by Gasteiger charge is 2.35. The molecule has 1 aliphatic carbocycles. The van der Waals surface area contributed by atoms with E-state index in [0.717, 1.165) is 61.3 Å². The summed E-state index contributed by atoms with van der Waals surface area (Å²) in [6, 6.07) is 60.9. The van der Waals surface area contributed by atoms with Gasteiger partial charge in [-0.25, -0.2) is 0 Å². The molecule has 0 saturated carbocycles.